The van der Waals surface area contributed by atoms with Gasteiger partial charge in [0.2, 0.25) is 17.7 Å². The molecule has 3 aliphatic rings. The van der Waals surface area contributed by atoms with Gasteiger partial charge in [-0.05, 0) is 38.5 Å². The van der Waals surface area contributed by atoms with Crippen molar-refractivity contribution in [2.24, 2.45) is 17.8 Å². The molecule has 3 amide bonds. The van der Waals surface area contributed by atoms with Gasteiger partial charge in [-0.3, -0.25) is 14.4 Å². The molecule has 0 aliphatic carbocycles. The van der Waals surface area contributed by atoms with Crippen LogP contribution in [0.5, 0.6) is 0 Å². The van der Waals surface area contributed by atoms with Gasteiger partial charge in [0.1, 0.15) is 6.04 Å². The molecule has 8 heteroatoms. The molecule has 1 spiro atoms. The first-order valence-corrected chi connectivity index (χ1v) is 14.9. The van der Waals surface area contributed by atoms with Gasteiger partial charge < -0.3 is 19.8 Å². The van der Waals surface area contributed by atoms with Crippen molar-refractivity contribution in [2.45, 2.75) is 87.8 Å². The Morgan fingerprint density at radius 1 is 1.19 bits per heavy atom. The number of thioether (sulfide) groups is 1. The molecule has 1 N–H and O–H groups in total. The summed E-state index contributed by atoms with van der Waals surface area (Å²) < 4.78 is -0.593. The Hall–Kier alpha value is -1.80. The van der Waals surface area contributed by atoms with E-state index >= 15 is 0 Å². The van der Waals surface area contributed by atoms with Crippen LogP contribution in [0, 0.1) is 17.8 Å². The number of likely N-dealkylation sites (tertiary alicyclic amines) is 1. The zero-order valence-corrected chi connectivity index (χ0v) is 24.0. The van der Waals surface area contributed by atoms with Crippen molar-refractivity contribution in [3.8, 4) is 0 Å². The van der Waals surface area contributed by atoms with Crippen molar-refractivity contribution in [3.63, 3.8) is 0 Å². The quantitative estimate of drug-likeness (QED) is 0.256. The standard InChI is InChI=1S/C29H47N3O4S/c1-7-14-21(5)31(16-9-3)28(36)25-29-20(4)19-22(37-29)23(26(34)30(6)15-8-2)24(29)27(35)32(25)17-12-10-11-13-18-33/h8-9,20-25,33H,2-3,7,10-19H2,1,4-6H3/t20?,21?,22-,23+,24-,25?,29?/m0/s1. The molecule has 4 unspecified atom stereocenters. The predicted octanol–water partition coefficient (Wildman–Crippen LogP) is 3.72. The maximum atomic E-state index is 14.5. The van der Waals surface area contributed by atoms with Gasteiger partial charge in [-0.15, -0.1) is 24.9 Å². The Bertz CT molecular complexity index is 866. The Kier molecular flexibility index (Phi) is 10.3. The van der Waals surface area contributed by atoms with E-state index < -0.39 is 22.6 Å². The first-order chi connectivity index (χ1) is 17.7. The van der Waals surface area contributed by atoms with Crippen molar-refractivity contribution in [2.75, 3.05) is 33.3 Å². The number of unbranched alkanes of at least 4 members (excludes halogenated alkanes) is 3. The first-order valence-electron chi connectivity index (χ1n) is 14.1. The van der Waals surface area contributed by atoms with E-state index in [-0.39, 0.29) is 41.5 Å². The summed E-state index contributed by atoms with van der Waals surface area (Å²) in [5.41, 5.74) is 0. The highest BCUT2D eigenvalue weighted by Crippen LogP contribution is 2.68. The lowest BCUT2D eigenvalue weighted by molar-refractivity contribution is -0.145. The number of fused-ring (bicyclic) bond motifs is 1. The number of carbonyl (C=O) groups is 3. The molecule has 0 aromatic carbocycles. The van der Waals surface area contributed by atoms with Gasteiger partial charge in [0.15, 0.2) is 0 Å². The van der Waals surface area contributed by atoms with Crippen LogP contribution in [0.2, 0.25) is 0 Å². The molecule has 3 heterocycles. The minimum atomic E-state index is -0.593. The molecule has 3 rings (SSSR count). The van der Waals surface area contributed by atoms with E-state index in [4.69, 9.17) is 5.11 Å². The summed E-state index contributed by atoms with van der Waals surface area (Å²) in [6.45, 7) is 15.6. The normalized spacial score (nSPS) is 30.8. The van der Waals surface area contributed by atoms with Crippen molar-refractivity contribution >= 4 is 29.5 Å². The minimum absolute atomic E-state index is 0.000367. The van der Waals surface area contributed by atoms with Crippen LogP contribution in [0.15, 0.2) is 25.3 Å². The Morgan fingerprint density at radius 2 is 1.86 bits per heavy atom. The molecule has 7 nitrogen and oxygen atoms in total. The maximum absolute atomic E-state index is 14.5. The monoisotopic (exact) mass is 533 g/mol. The molecule has 2 bridgehead atoms. The van der Waals surface area contributed by atoms with E-state index in [1.807, 2.05) is 9.80 Å². The lowest BCUT2D eigenvalue weighted by Gasteiger charge is -2.42. The maximum Gasteiger partial charge on any atom is 0.247 e. The number of hydrogen-bond acceptors (Lipinski definition) is 5. The largest absolute Gasteiger partial charge is 0.396 e. The third-order valence-corrected chi connectivity index (χ3v) is 10.8. The highest BCUT2D eigenvalue weighted by Gasteiger charge is 2.76. The SMILES string of the molecule is C=CCN(C)C(=O)[C@@H]1[C@@H]2CC(C)C3(S2)C(C(=O)N(CC=C)C(C)CCC)N(CCCCCCO)C(=O)[C@H]13. The topological polar surface area (TPSA) is 81.2 Å². The second-order valence-corrected chi connectivity index (χ2v) is 12.7. The second-order valence-electron chi connectivity index (χ2n) is 11.1. The van der Waals surface area contributed by atoms with Gasteiger partial charge in [0, 0.05) is 44.6 Å². The van der Waals surface area contributed by atoms with Crippen LogP contribution in [0.3, 0.4) is 0 Å². The molecule has 7 atom stereocenters. The lowest BCUT2D eigenvalue weighted by atomic mass is 9.65. The predicted molar refractivity (Wildman–Crippen MR) is 150 cm³/mol. The molecule has 0 saturated carbocycles. The number of likely N-dealkylation sites (N-methyl/N-ethyl adjacent to an activating group) is 1. The lowest BCUT2D eigenvalue weighted by Crippen LogP contribution is -2.58. The molecular weight excluding hydrogens is 486 g/mol. The van der Waals surface area contributed by atoms with Crippen LogP contribution in [-0.2, 0) is 14.4 Å². The summed E-state index contributed by atoms with van der Waals surface area (Å²) in [5.74, 6) is -0.777. The molecule has 37 heavy (non-hydrogen) atoms. The van der Waals surface area contributed by atoms with Gasteiger partial charge in [0.25, 0.3) is 0 Å². The molecular formula is C29H47N3O4S. The first kappa shape index (κ1) is 29.8. The van der Waals surface area contributed by atoms with E-state index in [1.165, 1.54) is 0 Å². The molecule has 3 aliphatic heterocycles. The number of carbonyl (C=O) groups excluding carboxylic acids is 3. The van der Waals surface area contributed by atoms with Gasteiger partial charge in [-0.25, -0.2) is 0 Å². The van der Waals surface area contributed by atoms with E-state index in [1.54, 1.807) is 35.9 Å². The zero-order valence-electron chi connectivity index (χ0n) is 23.2. The molecule has 3 fully saturated rings. The molecule has 0 radical (unpaired) electrons. The Balaban J connectivity index is 2.01. The van der Waals surface area contributed by atoms with Crippen molar-refractivity contribution < 1.29 is 19.5 Å². The summed E-state index contributed by atoms with van der Waals surface area (Å²) in [6, 6.07) is -0.530. The van der Waals surface area contributed by atoms with Gasteiger partial charge in [-0.2, -0.15) is 0 Å². The fourth-order valence-corrected chi connectivity index (χ4v) is 9.37. The van der Waals surface area contributed by atoms with E-state index in [0.29, 0.717) is 19.6 Å². The van der Waals surface area contributed by atoms with Crippen LogP contribution in [0.1, 0.15) is 65.7 Å². The van der Waals surface area contributed by atoms with Crippen LogP contribution < -0.4 is 0 Å². The Labute approximate surface area is 227 Å². The van der Waals surface area contributed by atoms with Crippen molar-refractivity contribution in [1.29, 1.82) is 0 Å². The molecule has 3 saturated heterocycles. The highest BCUT2D eigenvalue weighted by atomic mass is 32.2. The third kappa shape index (κ3) is 5.38. The molecule has 0 aromatic rings. The number of aliphatic hydroxyl groups is 1. The van der Waals surface area contributed by atoms with Gasteiger partial charge >= 0.3 is 0 Å². The van der Waals surface area contributed by atoms with Crippen LogP contribution in [0.25, 0.3) is 0 Å². The van der Waals surface area contributed by atoms with Crippen molar-refractivity contribution in [3.05, 3.63) is 25.3 Å². The van der Waals surface area contributed by atoms with Crippen LogP contribution in [0.4, 0.5) is 0 Å². The van der Waals surface area contributed by atoms with Crippen LogP contribution >= 0.6 is 11.8 Å². The Morgan fingerprint density at radius 3 is 2.49 bits per heavy atom. The number of hydrogen-bond donors (Lipinski definition) is 1. The smallest absolute Gasteiger partial charge is 0.247 e. The number of amides is 3. The zero-order chi connectivity index (χ0) is 27.3. The summed E-state index contributed by atoms with van der Waals surface area (Å²) in [5, 5.41) is 9.19. The number of aliphatic hydroxyl groups excluding tert-OH is 1. The van der Waals surface area contributed by atoms with E-state index in [2.05, 4.69) is 33.9 Å². The third-order valence-electron chi connectivity index (χ3n) is 8.70. The van der Waals surface area contributed by atoms with Gasteiger partial charge in [-0.1, -0.05) is 45.3 Å². The summed E-state index contributed by atoms with van der Waals surface area (Å²) in [4.78, 5) is 47.7. The van der Waals surface area contributed by atoms with Crippen LogP contribution in [-0.4, -0.2) is 92.9 Å². The average Bonchev–Trinajstić information content (AvgIpc) is 3.45. The average molecular weight is 534 g/mol. The number of rotatable bonds is 15. The van der Waals surface area contributed by atoms with Crippen molar-refractivity contribution in [1.82, 2.24) is 14.7 Å². The fourth-order valence-electron chi connectivity index (χ4n) is 6.96. The minimum Gasteiger partial charge on any atom is -0.396 e. The van der Waals surface area contributed by atoms with E-state index in [0.717, 1.165) is 44.9 Å². The summed E-state index contributed by atoms with van der Waals surface area (Å²) >= 11 is 1.74. The second kappa shape index (κ2) is 12.8. The fraction of sp³-hybridized carbons (Fsp3) is 0.759. The summed E-state index contributed by atoms with van der Waals surface area (Å²) in [7, 11) is 1.77. The summed E-state index contributed by atoms with van der Waals surface area (Å²) in [6.07, 6.45) is 9.47. The molecule has 208 valence electrons. The van der Waals surface area contributed by atoms with Gasteiger partial charge in [0.05, 0.1) is 16.6 Å². The highest BCUT2D eigenvalue weighted by molar-refractivity contribution is 8.02. The molecule has 0 aromatic heterocycles. The number of nitrogens with zero attached hydrogens (tertiary/aromatic N) is 3. The van der Waals surface area contributed by atoms with E-state index in [9.17, 15) is 14.4 Å².